The maximum Gasteiger partial charge on any atom is 0.0724 e. The molecular weight excluding hydrogens is 224 g/mol. The summed E-state index contributed by atoms with van der Waals surface area (Å²) in [6, 6.07) is 0. The zero-order valence-electron chi connectivity index (χ0n) is 12.5. The molecule has 0 aromatic carbocycles. The number of hydrogen-bond acceptors (Lipinski definition) is 0. The van der Waals surface area contributed by atoms with Gasteiger partial charge in [-0.1, -0.05) is 76.2 Å². The maximum atomic E-state index is 2.45. The van der Waals surface area contributed by atoms with Crippen LogP contribution in [0.4, 0.5) is 0 Å². The van der Waals surface area contributed by atoms with Crippen molar-refractivity contribution in [2.24, 2.45) is 5.92 Å². The Morgan fingerprint density at radius 2 is 1.50 bits per heavy atom. The Balaban J connectivity index is 4.78. The summed E-state index contributed by atoms with van der Waals surface area (Å²) < 4.78 is 0. The van der Waals surface area contributed by atoms with Crippen molar-refractivity contribution >= 4 is 16.1 Å². The van der Waals surface area contributed by atoms with Gasteiger partial charge in [-0.25, -0.2) is 0 Å². The highest BCUT2D eigenvalue weighted by atomic mass is 28.3. The minimum absolute atomic E-state index is 0.776. The van der Waals surface area contributed by atoms with Gasteiger partial charge in [-0.2, -0.15) is 0 Å². The summed E-state index contributed by atoms with van der Waals surface area (Å²) in [6.07, 6.45) is 6.00. The molecule has 0 rings (SSSR count). The minimum atomic E-state index is -1.12. The predicted molar refractivity (Wildman–Crippen MR) is 83.4 cm³/mol. The van der Waals surface area contributed by atoms with Crippen molar-refractivity contribution in [3.05, 3.63) is 23.0 Å². The summed E-state index contributed by atoms with van der Waals surface area (Å²) in [5, 5.41) is 1.71. The monoisotopic (exact) mass is 254 g/mol. The number of allylic oxidation sites excluding steroid dienone is 3. The third-order valence-corrected chi connectivity index (χ3v) is 5.98. The van der Waals surface area contributed by atoms with Crippen molar-refractivity contribution in [1.82, 2.24) is 0 Å². The molecule has 0 aromatic rings. The lowest BCUT2D eigenvalue weighted by molar-refractivity contribution is 0.654. The highest BCUT2D eigenvalue weighted by Gasteiger charge is 2.19. The molecule has 0 atom stereocenters. The fourth-order valence-electron chi connectivity index (χ4n) is 1.52. The highest BCUT2D eigenvalue weighted by molar-refractivity contribution is 6.83. The SMILES string of the molecule is CC(C)CC(=CC=C[Si](C)(C)C)[Si](C)(C)C. The van der Waals surface area contributed by atoms with Crippen LogP contribution in [-0.2, 0) is 0 Å². The van der Waals surface area contributed by atoms with E-state index < -0.39 is 16.1 Å². The van der Waals surface area contributed by atoms with Crippen LogP contribution in [0.15, 0.2) is 23.0 Å². The molecule has 0 heterocycles. The molecule has 0 aliphatic heterocycles. The lowest BCUT2D eigenvalue weighted by atomic mass is 10.1. The van der Waals surface area contributed by atoms with Gasteiger partial charge in [-0.15, -0.1) is 0 Å². The normalized spacial score (nSPS) is 15.2. The Hall–Kier alpha value is -0.0862. The van der Waals surface area contributed by atoms with Crippen molar-refractivity contribution < 1.29 is 0 Å². The second-order valence-electron chi connectivity index (χ2n) is 7.27. The molecule has 0 N–H and O–H groups in total. The summed E-state index contributed by atoms with van der Waals surface area (Å²) in [6.45, 7) is 19.1. The van der Waals surface area contributed by atoms with Gasteiger partial charge >= 0.3 is 0 Å². The Kier molecular flexibility index (Phi) is 5.98. The maximum absolute atomic E-state index is 2.45. The van der Waals surface area contributed by atoms with E-state index in [-0.39, 0.29) is 0 Å². The van der Waals surface area contributed by atoms with Crippen LogP contribution in [0.3, 0.4) is 0 Å². The van der Waals surface area contributed by atoms with Gasteiger partial charge in [0.15, 0.2) is 0 Å². The molecular formula is C14H30Si2. The van der Waals surface area contributed by atoms with Crippen LogP contribution in [0, 0.1) is 5.92 Å². The molecule has 0 aromatic heterocycles. The third-order valence-electron chi connectivity index (χ3n) is 2.49. The van der Waals surface area contributed by atoms with Crippen molar-refractivity contribution in [3.8, 4) is 0 Å². The summed E-state index contributed by atoms with van der Waals surface area (Å²) in [5.74, 6) is 0.776. The topological polar surface area (TPSA) is 0 Å². The smallest absolute Gasteiger partial charge is 0.0724 e. The summed E-state index contributed by atoms with van der Waals surface area (Å²) in [5.41, 5.74) is 2.44. The molecule has 0 saturated heterocycles. The van der Waals surface area contributed by atoms with Crippen LogP contribution in [0.5, 0.6) is 0 Å². The van der Waals surface area contributed by atoms with Gasteiger partial charge in [-0.3, -0.25) is 0 Å². The molecule has 0 amide bonds. The van der Waals surface area contributed by atoms with Gasteiger partial charge in [0.05, 0.1) is 16.1 Å². The van der Waals surface area contributed by atoms with Crippen molar-refractivity contribution in [1.29, 1.82) is 0 Å². The lowest BCUT2D eigenvalue weighted by Gasteiger charge is -2.22. The van der Waals surface area contributed by atoms with E-state index in [4.69, 9.17) is 0 Å². The predicted octanol–water partition coefficient (Wildman–Crippen LogP) is 5.27. The average Bonchev–Trinajstić information content (AvgIpc) is 1.97. The van der Waals surface area contributed by atoms with E-state index in [1.54, 1.807) is 5.20 Å². The van der Waals surface area contributed by atoms with Crippen LogP contribution < -0.4 is 0 Å². The van der Waals surface area contributed by atoms with Gasteiger partial charge in [0.1, 0.15) is 0 Å². The van der Waals surface area contributed by atoms with Crippen LogP contribution >= 0.6 is 0 Å². The second kappa shape index (κ2) is 6.01. The van der Waals surface area contributed by atoms with Crippen molar-refractivity contribution in [2.45, 2.75) is 59.6 Å². The first-order valence-corrected chi connectivity index (χ1v) is 13.5. The summed E-state index contributed by atoms with van der Waals surface area (Å²) >= 11 is 0. The van der Waals surface area contributed by atoms with E-state index in [9.17, 15) is 0 Å². The molecule has 0 aliphatic rings. The fourth-order valence-corrected chi connectivity index (χ4v) is 3.81. The van der Waals surface area contributed by atoms with Crippen LogP contribution in [-0.4, -0.2) is 16.1 Å². The first kappa shape index (κ1) is 15.9. The van der Waals surface area contributed by atoms with Gasteiger partial charge in [0.25, 0.3) is 0 Å². The Labute approximate surface area is 105 Å². The van der Waals surface area contributed by atoms with Crippen molar-refractivity contribution in [2.75, 3.05) is 0 Å². The van der Waals surface area contributed by atoms with E-state index in [2.05, 4.69) is 71.0 Å². The molecule has 16 heavy (non-hydrogen) atoms. The Bertz CT molecular complexity index is 259. The average molecular weight is 255 g/mol. The molecule has 94 valence electrons. The molecule has 0 nitrogen and oxygen atoms in total. The van der Waals surface area contributed by atoms with Gasteiger partial charge in [0, 0.05) is 0 Å². The molecule has 0 fully saturated rings. The molecule has 0 unspecified atom stereocenters. The van der Waals surface area contributed by atoms with Crippen LogP contribution in [0.2, 0.25) is 39.3 Å². The van der Waals surface area contributed by atoms with Gasteiger partial charge in [0.2, 0.25) is 0 Å². The first-order chi connectivity index (χ1) is 7.02. The molecule has 2 heteroatoms. The van der Waals surface area contributed by atoms with E-state index in [0.717, 1.165) is 5.92 Å². The van der Waals surface area contributed by atoms with E-state index in [1.807, 2.05) is 0 Å². The summed E-state index contributed by atoms with van der Waals surface area (Å²) in [7, 11) is -2.15. The fraction of sp³-hybridized carbons (Fsp3) is 0.714. The van der Waals surface area contributed by atoms with Crippen LogP contribution in [0.1, 0.15) is 20.3 Å². The molecule has 0 radical (unpaired) electrons. The van der Waals surface area contributed by atoms with Gasteiger partial charge < -0.3 is 0 Å². The number of hydrogen-bond donors (Lipinski definition) is 0. The summed E-state index contributed by atoms with van der Waals surface area (Å²) in [4.78, 5) is 0. The standard InChI is InChI=1S/C14H30Si2/c1-13(2)12-14(16(6,7)8)10-9-11-15(3,4)5/h9-11,13H,12H2,1-8H3. The van der Waals surface area contributed by atoms with Crippen molar-refractivity contribution in [3.63, 3.8) is 0 Å². The quantitative estimate of drug-likeness (QED) is 0.463. The van der Waals surface area contributed by atoms with Gasteiger partial charge in [-0.05, 0) is 12.3 Å². The molecule has 0 saturated carbocycles. The molecule has 0 spiro atoms. The first-order valence-electron chi connectivity index (χ1n) is 6.41. The van der Waals surface area contributed by atoms with E-state index in [1.165, 1.54) is 6.42 Å². The Morgan fingerprint density at radius 3 is 1.81 bits per heavy atom. The molecule has 0 bridgehead atoms. The highest BCUT2D eigenvalue weighted by Crippen LogP contribution is 2.22. The minimum Gasteiger partial charge on any atom is -0.0950 e. The zero-order chi connectivity index (χ0) is 13.0. The zero-order valence-corrected chi connectivity index (χ0v) is 14.5. The molecule has 0 aliphatic carbocycles. The number of rotatable bonds is 5. The largest absolute Gasteiger partial charge is 0.0950 e. The van der Waals surface area contributed by atoms with Crippen LogP contribution in [0.25, 0.3) is 0 Å². The lowest BCUT2D eigenvalue weighted by Crippen LogP contribution is -2.25. The third kappa shape index (κ3) is 8.11. The van der Waals surface area contributed by atoms with E-state index >= 15 is 0 Å². The van der Waals surface area contributed by atoms with E-state index in [0.29, 0.717) is 0 Å². The Morgan fingerprint density at radius 1 is 1.00 bits per heavy atom. The second-order valence-corrected chi connectivity index (χ2v) is 17.5.